The number of benzene rings is 1. The summed E-state index contributed by atoms with van der Waals surface area (Å²) >= 11 is 0. The van der Waals surface area contributed by atoms with E-state index in [1.807, 2.05) is 24.3 Å². The van der Waals surface area contributed by atoms with E-state index in [1.54, 1.807) is 36.7 Å². The summed E-state index contributed by atoms with van der Waals surface area (Å²) in [5.74, 6) is 0.784. The lowest BCUT2D eigenvalue weighted by molar-refractivity contribution is 0.219. The third kappa shape index (κ3) is 2.34. The number of carbonyl (C=O) groups excluding carboxylic acids is 1. The van der Waals surface area contributed by atoms with Crippen molar-refractivity contribution >= 4 is 16.9 Å². The predicted octanol–water partition coefficient (Wildman–Crippen LogP) is 2.91. The monoisotopic (exact) mass is 258 g/mol. The number of hydrogen-bond acceptors (Lipinski definition) is 2. The summed E-state index contributed by atoms with van der Waals surface area (Å²) in [7, 11) is 5.12. The molecule has 4 nitrogen and oxygen atoms in total. The number of hydrogen-bond donors (Lipinski definition) is 0. The van der Waals surface area contributed by atoms with E-state index in [0.717, 1.165) is 22.3 Å². The molecule has 100 valence electrons. The van der Waals surface area contributed by atoms with Crippen LogP contribution < -0.4 is 4.74 Å². The second-order valence-electron chi connectivity index (χ2n) is 4.57. The quantitative estimate of drug-likeness (QED) is 0.793. The molecule has 0 N–H and O–H groups in total. The SMILES string of the molecule is C=CCc1cc2cc(OC)ccc2n1C(=O)N(C)C. The van der Waals surface area contributed by atoms with Gasteiger partial charge in [0.15, 0.2) is 0 Å². The van der Waals surface area contributed by atoms with Gasteiger partial charge in [0.05, 0.1) is 12.6 Å². The Labute approximate surface area is 112 Å². The maximum absolute atomic E-state index is 12.3. The van der Waals surface area contributed by atoms with Gasteiger partial charge in [-0.3, -0.25) is 4.57 Å². The van der Waals surface area contributed by atoms with Gasteiger partial charge < -0.3 is 9.64 Å². The van der Waals surface area contributed by atoms with Gasteiger partial charge in [0.25, 0.3) is 0 Å². The van der Waals surface area contributed by atoms with Crippen molar-refractivity contribution < 1.29 is 9.53 Å². The molecule has 0 fully saturated rings. The van der Waals surface area contributed by atoms with Gasteiger partial charge in [0.2, 0.25) is 0 Å². The van der Waals surface area contributed by atoms with Gasteiger partial charge in [-0.15, -0.1) is 6.58 Å². The van der Waals surface area contributed by atoms with E-state index in [9.17, 15) is 4.79 Å². The fourth-order valence-electron chi connectivity index (χ4n) is 2.10. The van der Waals surface area contributed by atoms with Gasteiger partial charge in [-0.05, 0) is 24.3 Å². The van der Waals surface area contributed by atoms with E-state index in [0.29, 0.717) is 6.42 Å². The van der Waals surface area contributed by atoms with Crippen molar-refractivity contribution in [1.82, 2.24) is 9.47 Å². The Bertz CT molecular complexity index is 626. The summed E-state index contributed by atoms with van der Waals surface area (Å²) in [5, 5.41) is 0.992. The minimum atomic E-state index is -0.0583. The molecule has 4 heteroatoms. The Hall–Kier alpha value is -2.23. The van der Waals surface area contributed by atoms with E-state index in [4.69, 9.17) is 4.74 Å². The number of carbonyl (C=O) groups is 1. The Kier molecular flexibility index (Phi) is 3.60. The van der Waals surface area contributed by atoms with Crippen molar-refractivity contribution in [3.05, 3.63) is 42.6 Å². The maximum Gasteiger partial charge on any atom is 0.328 e. The molecule has 0 unspecified atom stereocenters. The molecule has 2 rings (SSSR count). The molecule has 0 aliphatic rings. The van der Waals surface area contributed by atoms with Gasteiger partial charge in [-0.2, -0.15) is 0 Å². The molecule has 1 heterocycles. The molecule has 1 aromatic heterocycles. The number of rotatable bonds is 3. The van der Waals surface area contributed by atoms with Crippen molar-refractivity contribution in [3.63, 3.8) is 0 Å². The van der Waals surface area contributed by atoms with Crippen LogP contribution in [-0.2, 0) is 6.42 Å². The van der Waals surface area contributed by atoms with E-state index < -0.39 is 0 Å². The van der Waals surface area contributed by atoms with Crippen LogP contribution >= 0.6 is 0 Å². The molecule has 0 saturated carbocycles. The highest BCUT2D eigenvalue weighted by Crippen LogP contribution is 2.25. The van der Waals surface area contributed by atoms with E-state index in [-0.39, 0.29) is 6.03 Å². The molecule has 0 atom stereocenters. The minimum absolute atomic E-state index is 0.0583. The fraction of sp³-hybridized carbons (Fsp3) is 0.267. The van der Waals surface area contributed by atoms with Crippen LogP contribution in [0.5, 0.6) is 5.75 Å². The van der Waals surface area contributed by atoms with Crippen LogP contribution in [0.1, 0.15) is 5.69 Å². The van der Waals surface area contributed by atoms with Crippen LogP contribution in [0.3, 0.4) is 0 Å². The zero-order chi connectivity index (χ0) is 14.0. The zero-order valence-corrected chi connectivity index (χ0v) is 11.5. The van der Waals surface area contributed by atoms with Gasteiger partial charge in [0, 0.05) is 31.6 Å². The standard InChI is InChI=1S/C15H18N2O2/c1-5-6-12-9-11-10-13(19-4)7-8-14(11)17(12)15(18)16(2)3/h5,7-10H,1,6H2,2-4H3. The summed E-state index contributed by atoms with van der Waals surface area (Å²) < 4.78 is 6.93. The molecule has 0 aliphatic carbocycles. The van der Waals surface area contributed by atoms with Crippen molar-refractivity contribution in [1.29, 1.82) is 0 Å². The van der Waals surface area contributed by atoms with Gasteiger partial charge in [-0.25, -0.2) is 4.79 Å². The summed E-state index contributed by atoms with van der Waals surface area (Å²) in [4.78, 5) is 13.9. The average molecular weight is 258 g/mol. The van der Waals surface area contributed by atoms with Crippen LogP contribution in [0, 0.1) is 0 Å². The molecule has 2 aromatic rings. The number of aromatic nitrogens is 1. The van der Waals surface area contributed by atoms with Crippen molar-refractivity contribution in [2.24, 2.45) is 0 Å². The van der Waals surface area contributed by atoms with Crippen LogP contribution in [0.2, 0.25) is 0 Å². The third-order valence-electron chi connectivity index (χ3n) is 3.01. The van der Waals surface area contributed by atoms with Crippen molar-refractivity contribution in [2.45, 2.75) is 6.42 Å². The Morgan fingerprint density at radius 2 is 2.16 bits per heavy atom. The smallest absolute Gasteiger partial charge is 0.328 e. The number of nitrogens with zero attached hydrogens (tertiary/aromatic N) is 2. The first-order valence-corrected chi connectivity index (χ1v) is 6.09. The van der Waals surface area contributed by atoms with Crippen LogP contribution in [0.25, 0.3) is 10.9 Å². The Morgan fingerprint density at radius 1 is 1.42 bits per heavy atom. The molecule has 0 spiro atoms. The van der Waals surface area contributed by atoms with E-state index >= 15 is 0 Å². The van der Waals surface area contributed by atoms with Gasteiger partial charge in [0.1, 0.15) is 5.75 Å². The second kappa shape index (κ2) is 5.18. The highest BCUT2D eigenvalue weighted by atomic mass is 16.5. The molecule has 19 heavy (non-hydrogen) atoms. The lowest BCUT2D eigenvalue weighted by atomic mass is 10.2. The van der Waals surface area contributed by atoms with Crippen LogP contribution in [0.15, 0.2) is 36.9 Å². The molecule has 1 aromatic carbocycles. The Balaban J connectivity index is 2.66. The molecule has 0 radical (unpaired) electrons. The second-order valence-corrected chi connectivity index (χ2v) is 4.57. The first kappa shape index (κ1) is 13.2. The Morgan fingerprint density at radius 3 is 2.74 bits per heavy atom. The molecule has 0 aliphatic heterocycles. The summed E-state index contributed by atoms with van der Waals surface area (Å²) in [6, 6.07) is 7.64. The van der Waals surface area contributed by atoms with Gasteiger partial charge >= 0.3 is 6.03 Å². The molecule has 0 saturated heterocycles. The number of allylic oxidation sites excluding steroid dienone is 1. The average Bonchev–Trinajstić information content (AvgIpc) is 2.74. The highest BCUT2D eigenvalue weighted by Gasteiger charge is 2.16. The number of fused-ring (bicyclic) bond motifs is 1. The zero-order valence-electron chi connectivity index (χ0n) is 11.5. The van der Waals surface area contributed by atoms with Crippen LogP contribution in [-0.4, -0.2) is 36.7 Å². The first-order valence-electron chi connectivity index (χ1n) is 6.09. The number of ether oxygens (including phenoxy) is 1. The van der Waals surface area contributed by atoms with Gasteiger partial charge in [-0.1, -0.05) is 6.08 Å². The normalized spacial score (nSPS) is 10.5. The molecular formula is C15H18N2O2. The largest absolute Gasteiger partial charge is 0.497 e. The summed E-state index contributed by atoms with van der Waals surface area (Å²) in [6.45, 7) is 3.74. The van der Waals surface area contributed by atoms with E-state index in [1.165, 1.54) is 0 Å². The summed E-state index contributed by atoms with van der Waals surface area (Å²) in [5.41, 5.74) is 1.81. The third-order valence-corrected chi connectivity index (χ3v) is 3.01. The highest BCUT2D eigenvalue weighted by molar-refractivity contribution is 5.93. The number of methoxy groups -OCH3 is 1. The topological polar surface area (TPSA) is 34.5 Å². The molecule has 0 bridgehead atoms. The van der Waals surface area contributed by atoms with Crippen molar-refractivity contribution in [3.8, 4) is 5.75 Å². The number of amides is 1. The minimum Gasteiger partial charge on any atom is -0.497 e. The van der Waals surface area contributed by atoms with Crippen LogP contribution in [0.4, 0.5) is 4.79 Å². The van der Waals surface area contributed by atoms with Crippen molar-refractivity contribution in [2.75, 3.05) is 21.2 Å². The maximum atomic E-state index is 12.3. The summed E-state index contributed by atoms with van der Waals surface area (Å²) in [6.07, 6.45) is 2.45. The lowest BCUT2D eigenvalue weighted by Crippen LogP contribution is -2.28. The molecular weight excluding hydrogens is 240 g/mol. The predicted molar refractivity (Wildman–Crippen MR) is 76.9 cm³/mol. The molecule has 1 amide bonds. The van der Waals surface area contributed by atoms with E-state index in [2.05, 4.69) is 6.58 Å². The first-order chi connectivity index (χ1) is 9.08. The fourth-order valence-corrected chi connectivity index (χ4v) is 2.10. The lowest BCUT2D eigenvalue weighted by Gasteiger charge is -2.14.